The summed E-state index contributed by atoms with van der Waals surface area (Å²) in [5, 5.41) is 16.8. The number of hydrogen-bond donors (Lipinski definition) is 0. The molecule has 0 spiro atoms. The van der Waals surface area contributed by atoms with E-state index in [-0.39, 0.29) is 10.7 Å². The molecular weight excluding hydrogens is 318 g/mol. The fraction of sp³-hybridized carbons (Fsp3) is 0.214. The highest BCUT2D eigenvalue weighted by atomic mass is 32.1. The lowest BCUT2D eigenvalue weighted by molar-refractivity contribution is 0.0600. The van der Waals surface area contributed by atoms with Crippen LogP contribution in [-0.2, 0) is 4.74 Å². The second-order valence-electron chi connectivity index (χ2n) is 4.30. The smallest absolute Gasteiger partial charge is 0.337 e. The van der Waals surface area contributed by atoms with Crippen LogP contribution in [0.4, 0.5) is 5.13 Å². The Morgan fingerprint density at radius 3 is 2.48 bits per heavy atom. The maximum Gasteiger partial charge on any atom is 0.337 e. The molecule has 0 aliphatic carbocycles. The minimum absolute atomic E-state index is 0.247. The molecule has 2 aromatic rings. The van der Waals surface area contributed by atoms with Gasteiger partial charge in [-0.25, -0.2) is 9.78 Å². The Bertz CT molecular complexity index is 791. The Balaban J connectivity index is 2.15. The number of nitriles is 1. The number of ether oxygens (including phenoxy) is 1. The number of aromatic nitrogens is 2. The summed E-state index contributed by atoms with van der Waals surface area (Å²) in [5.74, 6) is -0.483. The highest BCUT2D eigenvalue weighted by molar-refractivity contribution is 7.09. The van der Waals surface area contributed by atoms with E-state index in [4.69, 9.17) is 5.26 Å². The van der Waals surface area contributed by atoms with Crippen molar-refractivity contribution in [2.45, 2.75) is 13.0 Å². The van der Waals surface area contributed by atoms with Crippen molar-refractivity contribution in [2.24, 2.45) is 10.2 Å². The van der Waals surface area contributed by atoms with Gasteiger partial charge >= 0.3 is 5.97 Å². The van der Waals surface area contributed by atoms with Crippen LogP contribution in [0.15, 0.2) is 34.5 Å². The van der Waals surface area contributed by atoms with Gasteiger partial charge in [0.15, 0.2) is 0 Å². The Kier molecular flexibility index (Phi) is 5.22. The molecule has 1 aromatic heterocycles. The molecule has 0 fully saturated rings. The van der Waals surface area contributed by atoms with Gasteiger partial charge < -0.3 is 4.74 Å². The van der Waals surface area contributed by atoms with Crippen molar-refractivity contribution < 1.29 is 14.3 Å². The van der Waals surface area contributed by atoms with Crippen LogP contribution in [0, 0.1) is 18.3 Å². The van der Waals surface area contributed by atoms with E-state index in [0.29, 0.717) is 11.4 Å². The number of nitrogens with zero attached hydrogens (tertiary/aromatic N) is 5. The molecule has 9 heteroatoms. The SMILES string of the molecule is COC(=O)c1ccc(C(=O)C(C#N)N=Nc2nc(C)ns2)cc1. The van der Waals surface area contributed by atoms with Gasteiger partial charge in [0.2, 0.25) is 17.0 Å². The topological polar surface area (TPSA) is 118 Å². The lowest BCUT2D eigenvalue weighted by Gasteiger charge is -2.03. The van der Waals surface area contributed by atoms with Crippen molar-refractivity contribution in [1.82, 2.24) is 9.36 Å². The molecule has 0 saturated carbocycles. The fourth-order valence-electron chi connectivity index (χ4n) is 1.62. The minimum atomic E-state index is -1.29. The first kappa shape index (κ1) is 16.4. The number of benzene rings is 1. The van der Waals surface area contributed by atoms with Crippen molar-refractivity contribution >= 4 is 28.4 Å². The first-order valence-electron chi connectivity index (χ1n) is 6.38. The molecule has 116 valence electrons. The molecule has 0 N–H and O–H groups in total. The number of carbonyl (C=O) groups is 2. The highest BCUT2D eigenvalue weighted by Crippen LogP contribution is 2.16. The van der Waals surface area contributed by atoms with E-state index >= 15 is 0 Å². The molecule has 8 nitrogen and oxygen atoms in total. The average molecular weight is 329 g/mol. The summed E-state index contributed by atoms with van der Waals surface area (Å²) >= 11 is 1.02. The number of hydrogen-bond acceptors (Lipinski definition) is 9. The summed E-state index contributed by atoms with van der Waals surface area (Å²) < 4.78 is 8.50. The third-order valence-electron chi connectivity index (χ3n) is 2.74. The summed E-state index contributed by atoms with van der Waals surface area (Å²) in [6, 6.07) is 6.25. The van der Waals surface area contributed by atoms with Crippen LogP contribution in [-0.4, -0.2) is 34.3 Å². The van der Waals surface area contributed by atoms with E-state index in [2.05, 4.69) is 24.3 Å². The number of ketones is 1. The van der Waals surface area contributed by atoms with Gasteiger partial charge in [-0.2, -0.15) is 14.7 Å². The standard InChI is InChI=1S/C14H11N5O3S/c1-8-16-14(23-19-8)18-17-11(7-15)12(20)9-3-5-10(6-4-9)13(21)22-2/h3-6,11H,1-2H3. The second-order valence-corrected chi connectivity index (χ2v) is 5.03. The zero-order valence-electron chi connectivity index (χ0n) is 12.3. The number of rotatable bonds is 5. The summed E-state index contributed by atoms with van der Waals surface area (Å²) in [5.41, 5.74) is 0.556. The van der Waals surface area contributed by atoms with E-state index in [9.17, 15) is 9.59 Å². The Morgan fingerprint density at radius 2 is 1.96 bits per heavy atom. The van der Waals surface area contributed by atoms with Crippen LogP contribution in [0.3, 0.4) is 0 Å². The van der Waals surface area contributed by atoms with Gasteiger partial charge in [-0.1, -0.05) is 12.1 Å². The summed E-state index contributed by atoms with van der Waals surface area (Å²) in [6.07, 6.45) is 0. The van der Waals surface area contributed by atoms with Crippen LogP contribution in [0.2, 0.25) is 0 Å². The lowest BCUT2D eigenvalue weighted by Crippen LogP contribution is -2.16. The number of azo groups is 1. The van der Waals surface area contributed by atoms with Gasteiger partial charge in [-0.05, 0) is 19.1 Å². The number of carbonyl (C=O) groups excluding carboxylic acids is 2. The molecule has 0 saturated heterocycles. The van der Waals surface area contributed by atoms with Crippen molar-refractivity contribution in [3.63, 3.8) is 0 Å². The third-order valence-corrected chi connectivity index (χ3v) is 3.43. The lowest BCUT2D eigenvalue weighted by atomic mass is 10.0. The normalized spacial score (nSPS) is 11.9. The molecule has 1 unspecified atom stereocenters. The molecule has 0 aliphatic rings. The molecule has 0 amide bonds. The van der Waals surface area contributed by atoms with Crippen LogP contribution >= 0.6 is 11.5 Å². The molecule has 0 radical (unpaired) electrons. The van der Waals surface area contributed by atoms with E-state index in [1.807, 2.05) is 0 Å². The van der Waals surface area contributed by atoms with E-state index in [1.54, 1.807) is 13.0 Å². The predicted octanol–water partition coefficient (Wildman–Crippen LogP) is 2.49. The van der Waals surface area contributed by atoms with Crippen molar-refractivity contribution in [3.05, 3.63) is 41.2 Å². The molecule has 0 bridgehead atoms. The Morgan fingerprint density at radius 1 is 1.30 bits per heavy atom. The van der Waals surface area contributed by atoms with Crippen LogP contribution in [0.5, 0.6) is 0 Å². The van der Waals surface area contributed by atoms with Gasteiger partial charge in [-0.15, -0.1) is 5.11 Å². The van der Waals surface area contributed by atoms with E-state index in [1.165, 1.54) is 31.4 Å². The largest absolute Gasteiger partial charge is 0.465 e. The zero-order valence-corrected chi connectivity index (χ0v) is 13.1. The zero-order chi connectivity index (χ0) is 16.8. The molecular formula is C14H11N5O3S. The fourth-order valence-corrected chi connectivity index (χ4v) is 2.13. The van der Waals surface area contributed by atoms with Gasteiger partial charge in [0.25, 0.3) is 0 Å². The third kappa shape index (κ3) is 4.02. The van der Waals surface area contributed by atoms with Crippen molar-refractivity contribution in [1.29, 1.82) is 5.26 Å². The van der Waals surface area contributed by atoms with Gasteiger partial charge in [0, 0.05) is 17.1 Å². The Labute approximate surface area is 135 Å². The monoisotopic (exact) mass is 329 g/mol. The molecule has 1 atom stereocenters. The predicted molar refractivity (Wildman–Crippen MR) is 80.7 cm³/mol. The second kappa shape index (κ2) is 7.33. The number of Topliss-reactive ketones (excluding diaryl/α,β-unsaturated/α-hetero) is 1. The quantitative estimate of drug-likeness (QED) is 0.472. The molecule has 1 aromatic carbocycles. The number of methoxy groups -OCH3 is 1. The molecule has 23 heavy (non-hydrogen) atoms. The molecule has 1 heterocycles. The highest BCUT2D eigenvalue weighted by Gasteiger charge is 2.20. The van der Waals surface area contributed by atoms with Crippen LogP contribution in [0.25, 0.3) is 0 Å². The maximum absolute atomic E-state index is 12.2. The summed E-state index contributed by atoms with van der Waals surface area (Å²) in [6.45, 7) is 1.70. The Hall–Kier alpha value is -2.99. The van der Waals surface area contributed by atoms with Gasteiger partial charge in [0.1, 0.15) is 5.82 Å². The van der Waals surface area contributed by atoms with Crippen LogP contribution < -0.4 is 0 Å². The van der Waals surface area contributed by atoms with E-state index in [0.717, 1.165) is 11.5 Å². The first-order chi connectivity index (χ1) is 11.0. The van der Waals surface area contributed by atoms with Gasteiger partial charge in [-0.3, -0.25) is 4.79 Å². The minimum Gasteiger partial charge on any atom is -0.465 e. The maximum atomic E-state index is 12.2. The van der Waals surface area contributed by atoms with Crippen LogP contribution in [0.1, 0.15) is 26.5 Å². The van der Waals surface area contributed by atoms with Crippen molar-refractivity contribution in [3.8, 4) is 6.07 Å². The number of aryl methyl sites for hydroxylation is 1. The molecule has 0 aliphatic heterocycles. The van der Waals surface area contributed by atoms with Crippen molar-refractivity contribution in [2.75, 3.05) is 7.11 Å². The molecule has 2 rings (SSSR count). The first-order valence-corrected chi connectivity index (χ1v) is 7.16. The summed E-state index contributed by atoms with van der Waals surface area (Å²) in [4.78, 5) is 27.5. The van der Waals surface area contributed by atoms with Gasteiger partial charge in [0.05, 0.1) is 18.7 Å². The number of esters is 1. The summed E-state index contributed by atoms with van der Waals surface area (Å²) in [7, 11) is 1.27. The average Bonchev–Trinajstić information content (AvgIpc) is 3.00. The van der Waals surface area contributed by atoms with E-state index < -0.39 is 17.8 Å².